The third-order valence-corrected chi connectivity index (χ3v) is 4.32. The zero-order valence-electron chi connectivity index (χ0n) is 12.9. The van der Waals surface area contributed by atoms with E-state index in [1.807, 2.05) is 5.38 Å². The van der Waals surface area contributed by atoms with E-state index >= 15 is 0 Å². The van der Waals surface area contributed by atoms with Crippen molar-refractivity contribution in [3.63, 3.8) is 0 Å². The lowest BCUT2D eigenvalue weighted by molar-refractivity contribution is 0.173. The Labute approximate surface area is 138 Å². The van der Waals surface area contributed by atoms with E-state index in [1.165, 1.54) is 24.3 Å². The summed E-state index contributed by atoms with van der Waals surface area (Å²) >= 11 is 1.62. The molecule has 1 heterocycles. The Bertz CT molecular complexity index is 631. The molecule has 0 saturated heterocycles. The van der Waals surface area contributed by atoms with Crippen LogP contribution in [-0.4, -0.2) is 29.2 Å². The van der Waals surface area contributed by atoms with Crippen molar-refractivity contribution in [3.05, 3.63) is 51.7 Å². The number of aliphatic hydroxyl groups is 1. The number of carbonyl (C=O) groups is 1. The molecule has 124 valence electrons. The summed E-state index contributed by atoms with van der Waals surface area (Å²) in [5, 5.41) is 18.3. The minimum atomic E-state index is -0.869. The molecule has 2 aromatic rings. The molecular weight excluding hydrogens is 317 g/mol. The molecule has 1 aromatic carbocycles. The lowest BCUT2D eigenvalue weighted by Gasteiger charge is -2.12. The number of aliphatic hydroxyl groups excluding tert-OH is 1. The highest BCUT2D eigenvalue weighted by atomic mass is 32.1. The summed E-state index contributed by atoms with van der Waals surface area (Å²) in [6, 6.07) is 5.19. The Morgan fingerprint density at radius 1 is 1.35 bits per heavy atom. The number of rotatable bonds is 7. The number of urea groups is 1. The monoisotopic (exact) mass is 337 g/mol. The zero-order valence-corrected chi connectivity index (χ0v) is 13.7. The second kappa shape index (κ2) is 8.59. The van der Waals surface area contributed by atoms with E-state index in [4.69, 9.17) is 0 Å². The van der Waals surface area contributed by atoms with Gasteiger partial charge in [0.25, 0.3) is 0 Å². The van der Waals surface area contributed by atoms with Crippen molar-refractivity contribution >= 4 is 17.4 Å². The van der Waals surface area contributed by atoms with Crippen molar-refractivity contribution < 1.29 is 14.3 Å². The summed E-state index contributed by atoms with van der Waals surface area (Å²) in [5.41, 5.74) is 1.53. The van der Waals surface area contributed by atoms with Gasteiger partial charge in [0.05, 0.1) is 16.8 Å². The van der Waals surface area contributed by atoms with Crippen molar-refractivity contribution in [1.82, 2.24) is 15.6 Å². The average molecular weight is 337 g/mol. The molecule has 3 N–H and O–H groups in total. The van der Waals surface area contributed by atoms with Gasteiger partial charge >= 0.3 is 6.03 Å². The number of benzene rings is 1. The highest BCUT2D eigenvalue weighted by Gasteiger charge is 2.09. The molecule has 0 bridgehead atoms. The predicted molar refractivity (Wildman–Crippen MR) is 88.0 cm³/mol. The normalized spacial score (nSPS) is 12.0. The maximum Gasteiger partial charge on any atom is 0.314 e. The minimum absolute atomic E-state index is 0.0636. The van der Waals surface area contributed by atoms with E-state index in [-0.39, 0.29) is 18.4 Å². The summed E-state index contributed by atoms with van der Waals surface area (Å²) in [4.78, 5) is 16.1. The number of aryl methyl sites for hydroxylation is 1. The number of nitrogens with one attached hydrogen (secondary N) is 2. The van der Waals surface area contributed by atoms with Gasteiger partial charge in [0.15, 0.2) is 0 Å². The average Bonchev–Trinajstić information content (AvgIpc) is 3.01. The molecule has 2 rings (SSSR count). The highest BCUT2D eigenvalue weighted by Crippen LogP contribution is 2.12. The van der Waals surface area contributed by atoms with Gasteiger partial charge < -0.3 is 15.7 Å². The van der Waals surface area contributed by atoms with Gasteiger partial charge in [-0.15, -0.1) is 11.3 Å². The van der Waals surface area contributed by atoms with Crippen LogP contribution in [0.4, 0.5) is 9.18 Å². The van der Waals surface area contributed by atoms with Crippen LogP contribution in [0.2, 0.25) is 0 Å². The quantitative estimate of drug-likeness (QED) is 0.726. The van der Waals surface area contributed by atoms with E-state index in [9.17, 15) is 14.3 Å². The number of aromatic nitrogens is 1. The molecule has 1 atom stereocenters. The van der Waals surface area contributed by atoms with Crippen molar-refractivity contribution in [2.24, 2.45) is 0 Å². The lowest BCUT2D eigenvalue weighted by Crippen LogP contribution is -2.38. The Morgan fingerprint density at radius 3 is 2.74 bits per heavy atom. The van der Waals surface area contributed by atoms with Crippen LogP contribution >= 0.6 is 11.3 Å². The van der Waals surface area contributed by atoms with Crippen molar-refractivity contribution in [1.29, 1.82) is 0 Å². The number of carbonyl (C=O) groups excluding carboxylic acids is 1. The standard InChI is InChI=1S/C16H20FN3O2S/c1-2-15-20-13(10-23-15)7-8-18-16(22)19-9-14(21)11-3-5-12(17)6-4-11/h3-6,10,14,21H,2,7-9H2,1H3,(H2,18,19,22). The van der Waals surface area contributed by atoms with Crippen LogP contribution in [0.3, 0.4) is 0 Å². The smallest absolute Gasteiger partial charge is 0.314 e. The highest BCUT2D eigenvalue weighted by molar-refractivity contribution is 7.09. The molecule has 7 heteroatoms. The van der Waals surface area contributed by atoms with Crippen LogP contribution in [0.15, 0.2) is 29.6 Å². The first kappa shape index (κ1) is 17.4. The van der Waals surface area contributed by atoms with Crippen LogP contribution in [0, 0.1) is 5.82 Å². The number of hydrogen-bond donors (Lipinski definition) is 3. The van der Waals surface area contributed by atoms with Gasteiger partial charge in [-0.3, -0.25) is 0 Å². The second-order valence-corrected chi connectivity index (χ2v) is 5.98. The first-order chi connectivity index (χ1) is 11.1. The van der Waals surface area contributed by atoms with Crippen LogP contribution in [0.25, 0.3) is 0 Å². The van der Waals surface area contributed by atoms with Gasteiger partial charge in [-0.1, -0.05) is 19.1 Å². The topological polar surface area (TPSA) is 74.2 Å². The van der Waals surface area contributed by atoms with Crippen molar-refractivity contribution in [2.45, 2.75) is 25.9 Å². The summed E-state index contributed by atoms with van der Waals surface area (Å²) in [6.45, 7) is 2.60. The maximum absolute atomic E-state index is 12.8. The number of amides is 2. The Morgan fingerprint density at radius 2 is 2.09 bits per heavy atom. The Kier molecular flexibility index (Phi) is 6.49. The fourth-order valence-corrected chi connectivity index (χ4v) is 2.76. The predicted octanol–water partition coefficient (Wildman–Crippen LogP) is 2.42. The lowest BCUT2D eigenvalue weighted by atomic mass is 10.1. The summed E-state index contributed by atoms with van der Waals surface area (Å²) in [5.74, 6) is -0.361. The van der Waals surface area contributed by atoms with Crippen LogP contribution < -0.4 is 10.6 Å². The minimum Gasteiger partial charge on any atom is -0.387 e. The van der Waals surface area contributed by atoms with E-state index in [0.717, 1.165) is 17.1 Å². The van der Waals surface area contributed by atoms with Crippen LogP contribution in [-0.2, 0) is 12.8 Å². The van der Waals surface area contributed by atoms with Gasteiger partial charge in [-0.05, 0) is 24.1 Å². The van der Waals surface area contributed by atoms with E-state index < -0.39 is 6.10 Å². The Hall–Kier alpha value is -1.99. The molecular formula is C16H20FN3O2S. The van der Waals surface area contributed by atoms with Gasteiger partial charge in [-0.2, -0.15) is 0 Å². The van der Waals surface area contributed by atoms with Gasteiger partial charge in [0.1, 0.15) is 5.82 Å². The molecule has 1 unspecified atom stereocenters. The molecule has 1 aromatic heterocycles. The SMILES string of the molecule is CCc1nc(CCNC(=O)NCC(O)c2ccc(F)cc2)cs1. The molecule has 0 radical (unpaired) electrons. The molecule has 23 heavy (non-hydrogen) atoms. The van der Waals surface area contributed by atoms with E-state index in [0.29, 0.717) is 18.5 Å². The maximum atomic E-state index is 12.8. The molecule has 0 aliphatic carbocycles. The zero-order chi connectivity index (χ0) is 16.7. The second-order valence-electron chi connectivity index (χ2n) is 5.04. The third kappa shape index (κ3) is 5.61. The number of nitrogens with zero attached hydrogens (tertiary/aromatic N) is 1. The van der Waals surface area contributed by atoms with Crippen LogP contribution in [0.1, 0.15) is 29.3 Å². The molecule has 0 aliphatic heterocycles. The third-order valence-electron chi connectivity index (χ3n) is 3.28. The largest absolute Gasteiger partial charge is 0.387 e. The fraction of sp³-hybridized carbons (Fsp3) is 0.375. The summed E-state index contributed by atoms with van der Waals surface area (Å²) < 4.78 is 12.8. The fourth-order valence-electron chi connectivity index (χ4n) is 1.98. The first-order valence-electron chi connectivity index (χ1n) is 7.47. The van der Waals surface area contributed by atoms with Gasteiger partial charge in [0, 0.05) is 24.9 Å². The summed E-state index contributed by atoms with van der Waals surface area (Å²) in [7, 11) is 0. The Balaban J connectivity index is 1.67. The molecule has 0 spiro atoms. The van der Waals surface area contributed by atoms with Gasteiger partial charge in [0.2, 0.25) is 0 Å². The van der Waals surface area contributed by atoms with Crippen molar-refractivity contribution in [3.8, 4) is 0 Å². The molecule has 2 amide bonds. The molecule has 5 nitrogen and oxygen atoms in total. The number of halogens is 1. The molecule has 0 aliphatic rings. The number of hydrogen-bond acceptors (Lipinski definition) is 4. The number of thiazole rings is 1. The molecule has 0 saturated carbocycles. The van der Waals surface area contributed by atoms with E-state index in [1.54, 1.807) is 11.3 Å². The van der Waals surface area contributed by atoms with E-state index in [2.05, 4.69) is 22.5 Å². The van der Waals surface area contributed by atoms with Crippen molar-refractivity contribution in [2.75, 3.05) is 13.1 Å². The first-order valence-corrected chi connectivity index (χ1v) is 8.35. The van der Waals surface area contributed by atoms with Gasteiger partial charge in [-0.25, -0.2) is 14.2 Å². The summed E-state index contributed by atoms with van der Waals surface area (Å²) in [6.07, 6.45) is 0.719. The van der Waals surface area contributed by atoms with Crippen LogP contribution in [0.5, 0.6) is 0 Å². The molecule has 0 fully saturated rings.